The fourth-order valence-corrected chi connectivity index (χ4v) is 2.42. The van der Waals surface area contributed by atoms with Crippen LogP contribution in [0.2, 0.25) is 5.28 Å². The predicted octanol–water partition coefficient (Wildman–Crippen LogP) is 1.27. The number of sulfonamides is 1. The van der Waals surface area contributed by atoms with E-state index in [0.717, 1.165) is 0 Å². The van der Waals surface area contributed by atoms with Crippen molar-refractivity contribution in [3.05, 3.63) is 36.0 Å². The van der Waals surface area contributed by atoms with Crippen molar-refractivity contribution in [2.75, 3.05) is 4.72 Å². The molecule has 0 unspecified atom stereocenters. The van der Waals surface area contributed by atoms with Gasteiger partial charge in [0.05, 0.1) is 0 Å². The third kappa shape index (κ3) is 2.75. The molecular weight excluding hydrogens is 264 g/mol. The van der Waals surface area contributed by atoms with Gasteiger partial charge in [-0.3, -0.25) is 4.72 Å². The zero-order valence-electron chi connectivity index (χ0n) is 8.83. The fourth-order valence-electron chi connectivity index (χ4n) is 1.23. The lowest BCUT2D eigenvalue weighted by Crippen LogP contribution is -2.13. The van der Waals surface area contributed by atoms with Gasteiger partial charge >= 0.3 is 0 Å². The summed E-state index contributed by atoms with van der Waals surface area (Å²) in [5, 5.41) is -0.0155. The molecule has 17 heavy (non-hydrogen) atoms. The van der Waals surface area contributed by atoms with E-state index < -0.39 is 10.0 Å². The van der Waals surface area contributed by atoms with E-state index in [4.69, 9.17) is 11.6 Å². The molecule has 6 nitrogen and oxygen atoms in total. The van der Waals surface area contributed by atoms with E-state index >= 15 is 0 Å². The number of hydrogen-bond donors (Lipinski definition) is 1. The summed E-state index contributed by atoms with van der Waals surface area (Å²) in [7, 11) is -1.89. The molecule has 2 heterocycles. The summed E-state index contributed by atoms with van der Waals surface area (Å²) in [5.74, 6) is 0.133. The van der Waals surface area contributed by atoms with Crippen molar-refractivity contribution in [1.29, 1.82) is 0 Å². The number of hydrogen-bond acceptors (Lipinski definition) is 4. The minimum absolute atomic E-state index is 0.0155. The van der Waals surface area contributed by atoms with Gasteiger partial charge < -0.3 is 4.57 Å². The van der Waals surface area contributed by atoms with Crippen LogP contribution < -0.4 is 4.72 Å². The van der Waals surface area contributed by atoms with Crippen LogP contribution in [0, 0.1) is 0 Å². The molecular formula is C9H9ClN4O2S. The van der Waals surface area contributed by atoms with Gasteiger partial charge in [0.25, 0.3) is 10.0 Å². The molecule has 0 spiro atoms. The molecule has 8 heteroatoms. The monoisotopic (exact) mass is 272 g/mol. The van der Waals surface area contributed by atoms with Crippen LogP contribution in [0.25, 0.3) is 0 Å². The molecule has 0 saturated heterocycles. The van der Waals surface area contributed by atoms with Crippen LogP contribution in [0.3, 0.4) is 0 Å². The Morgan fingerprint density at radius 3 is 2.76 bits per heavy atom. The first-order valence-electron chi connectivity index (χ1n) is 4.61. The molecule has 0 bridgehead atoms. The molecule has 0 aliphatic rings. The van der Waals surface area contributed by atoms with Crippen molar-refractivity contribution in [2.45, 2.75) is 4.90 Å². The van der Waals surface area contributed by atoms with E-state index in [-0.39, 0.29) is 16.0 Å². The predicted molar refractivity (Wildman–Crippen MR) is 63.3 cm³/mol. The van der Waals surface area contributed by atoms with E-state index in [1.165, 1.54) is 24.5 Å². The zero-order chi connectivity index (χ0) is 12.5. The SMILES string of the molecule is Cn1ccc(S(=O)(=O)Nc2ccnc(Cl)n2)c1. The Labute approximate surface area is 103 Å². The van der Waals surface area contributed by atoms with Crippen molar-refractivity contribution in [2.24, 2.45) is 7.05 Å². The van der Waals surface area contributed by atoms with E-state index in [1.54, 1.807) is 17.8 Å². The van der Waals surface area contributed by atoms with E-state index in [1.807, 2.05) is 0 Å². The molecule has 0 aliphatic carbocycles. The lowest BCUT2D eigenvalue weighted by atomic mass is 10.6. The molecule has 0 aromatic carbocycles. The number of rotatable bonds is 3. The Morgan fingerprint density at radius 2 is 2.18 bits per heavy atom. The highest BCUT2D eigenvalue weighted by molar-refractivity contribution is 7.92. The maximum Gasteiger partial charge on any atom is 0.264 e. The first-order chi connectivity index (χ1) is 7.97. The van der Waals surface area contributed by atoms with Gasteiger partial charge in [-0.05, 0) is 23.7 Å². The molecule has 1 N–H and O–H groups in total. The second-order valence-electron chi connectivity index (χ2n) is 3.33. The minimum Gasteiger partial charge on any atom is -0.356 e. The molecule has 2 aromatic rings. The molecule has 2 aromatic heterocycles. The largest absolute Gasteiger partial charge is 0.356 e. The summed E-state index contributed by atoms with van der Waals surface area (Å²) < 4.78 is 27.7. The fraction of sp³-hybridized carbons (Fsp3) is 0.111. The summed E-state index contributed by atoms with van der Waals surface area (Å²) in [6, 6.07) is 2.91. The maximum atomic E-state index is 11.9. The molecule has 90 valence electrons. The van der Waals surface area contributed by atoms with Gasteiger partial charge in [-0.15, -0.1) is 0 Å². The first-order valence-corrected chi connectivity index (χ1v) is 6.47. The Balaban J connectivity index is 2.29. The summed E-state index contributed by atoms with van der Waals surface area (Å²) in [5.41, 5.74) is 0. The lowest BCUT2D eigenvalue weighted by Gasteiger charge is -2.04. The van der Waals surface area contributed by atoms with Crippen LogP contribution in [0.1, 0.15) is 0 Å². The summed E-state index contributed by atoms with van der Waals surface area (Å²) in [6.45, 7) is 0. The highest BCUT2D eigenvalue weighted by Crippen LogP contribution is 2.14. The van der Waals surface area contributed by atoms with Crippen molar-refractivity contribution < 1.29 is 8.42 Å². The van der Waals surface area contributed by atoms with Gasteiger partial charge in [0.15, 0.2) is 0 Å². The number of aryl methyl sites for hydroxylation is 1. The summed E-state index contributed by atoms with van der Waals surface area (Å²) in [6.07, 6.45) is 4.50. The van der Waals surface area contributed by atoms with E-state index in [2.05, 4.69) is 14.7 Å². The van der Waals surface area contributed by atoms with Crippen molar-refractivity contribution >= 4 is 27.4 Å². The van der Waals surface area contributed by atoms with Crippen LogP contribution in [0.15, 0.2) is 35.6 Å². The van der Waals surface area contributed by atoms with Gasteiger partial charge in [0.2, 0.25) is 5.28 Å². The normalized spacial score (nSPS) is 11.4. The van der Waals surface area contributed by atoms with Crippen LogP contribution in [-0.2, 0) is 17.1 Å². The van der Waals surface area contributed by atoms with Crippen molar-refractivity contribution in [3.63, 3.8) is 0 Å². The Bertz CT molecular complexity index is 638. The summed E-state index contributed by atoms with van der Waals surface area (Å²) in [4.78, 5) is 7.57. The average Bonchev–Trinajstić information content (AvgIpc) is 2.65. The second-order valence-corrected chi connectivity index (χ2v) is 5.35. The van der Waals surface area contributed by atoms with Crippen molar-refractivity contribution in [1.82, 2.24) is 14.5 Å². The van der Waals surface area contributed by atoms with Gasteiger partial charge in [-0.2, -0.15) is 4.98 Å². The number of aromatic nitrogens is 3. The van der Waals surface area contributed by atoms with Crippen LogP contribution in [0.4, 0.5) is 5.82 Å². The van der Waals surface area contributed by atoms with Gasteiger partial charge in [-0.1, -0.05) is 0 Å². The molecule has 0 aliphatic heterocycles. The molecule has 0 fully saturated rings. The smallest absolute Gasteiger partial charge is 0.264 e. The van der Waals surface area contributed by atoms with E-state index in [0.29, 0.717) is 0 Å². The van der Waals surface area contributed by atoms with Gasteiger partial charge in [0.1, 0.15) is 10.7 Å². The molecule has 0 amide bonds. The number of halogens is 1. The number of nitrogens with zero attached hydrogens (tertiary/aromatic N) is 3. The van der Waals surface area contributed by atoms with Gasteiger partial charge in [-0.25, -0.2) is 13.4 Å². The van der Waals surface area contributed by atoms with Crippen LogP contribution in [-0.4, -0.2) is 23.0 Å². The highest BCUT2D eigenvalue weighted by Gasteiger charge is 2.15. The molecule has 0 radical (unpaired) electrons. The summed E-state index contributed by atoms with van der Waals surface area (Å²) >= 11 is 5.56. The number of anilines is 1. The number of nitrogens with one attached hydrogen (secondary N) is 1. The zero-order valence-corrected chi connectivity index (χ0v) is 10.4. The van der Waals surface area contributed by atoms with Crippen LogP contribution >= 0.6 is 11.6 Å². The maximum absolute atomic E-state index is 11.9. The second kappa shape index (κ2) is 4.34. The third-order valence-electron chi connectivity index (χ3n) is 1.98. The topological polar surface area (TPSA) is 76.9 Å². The Hall–Kier alpha value is -1.60. The molecule has 2 rings (SSSR count). The standard InChI is InChI=1S/C9H9ClN4O2S/c1-14-5-3-7(6-14)17(15,16)13-8-2-4-11-9(10)12-8/h2-6H,1H3,(H,11,12,13). The Morgan fingerprint density at radius 1 is 1.41 bits per heavy atom. The molecule has 0 atom stereocenters. The third-order valence-corrected chi connectivity index (χ3v) is 3.50. The van der Waals surface area contributed by atoms with Crippen molar-refractivity contribution in [3.8, 4) is 0 Å². The minimum atomic E-state index is -3.63. The highest BCUT2D eigenvalue weighted by atomic mass is 35.5. The van der Waals surface area contributed by atoms with E-state index in [9.17, 15) is 8.42 Å². The Kier molecular flexibility index (Phi) is 3.03. The lowest BCUT2D eigenvalue weighted by molar-refractivity contribution is 0.601. The quantitative estimate of drug-likeness (QED) is 0.854. The average molecular weight is 273 g/mol. The van der Waals surface area contributed by atoms with Crippen LogP contribution in [0.5, 0.6) is 0 Å². The first kappa shape index (κ1) is 11.9. The van der Waals surface area contributed by atoms with Gasteiger partial charge in [0, 0.05) is 25.6 Å². The molecule has 0 saturated carbocycles.